The molecule has 0 aliphatic heterocycles. The molecule has 0 saturated heterocycles. The molecule has 0 unspecified atom stereocenters. The summed E-state index contributed by atoms with van der Waals surface area (Å²) in [5.41, 5.74) is 5.59. The van der Waals surface area contributed by atoms with E-state index in [2.05, 4.69) is 6.92 Å². The fourth-order valence-corrected chi connectivity index (χ4v) is 0.685. The monoisotopic (exact) mass is 128 g/mol. The Balaban J connectivity index is 3.59. The van der Waals surface area contributed by atoms with Gasteiger partial charge in [0.1, 0.15) is 0 Å². The van der Waals surface area contributed by atoms with E-state index in [1.54, 1.807) is 0 Å². The molecule has 0 fully saturated rings. The zero-order chi connectivity index (χ0) is 7.28. The van der Waals surface area contributed by atoms with E-state index in [1.807, 2.05) is 24.9 Å². The Bertz CT molecular complexity index is 97.1. The number of nitrogens with zero attached hydrogens (tertiary/aromatic N) is 1. The van der Waals surface area contributed by atoms with Crippen LogP contribution >= 0.6 is 0 Å². The lowest BCUT2D eigenvalue weighted by Crippen LogP contribution is -2.23. The summed E-state index contributed by atoms with van der Waals surface area (Å²) in [6, 6.07) is 0. The lowest BCUT2D eigenvalue weighted by molar-refractivity contribution is 0.411. The summed E-state index contributed by atoms with van der Waals surface area (Å²) in [6.07, 6.45) is 3.06. The molecule has 0 heterocycles. The van der Waals surface area contributed by atoms with Crippen LogP contribution in [0.1, 0.15) is 20.3 Å². The summed E-state index contributed by atoms with van der Waals surface area (Å²) < 4.78 is 0. The third kappa shape index (κ3) is 3.01. The van der Waals surface area contributed by atoms with Gasteiger partial charge in [-0.25, -0.2) is 0 Å². The first kappa shape index (κ1) is 8.34. The first-order chi connectivity index (χ1) is 4.22. The third-order valence-electron chi connectivity index (χ3n) is 1.30. The van der Waals surface area contributed by atoms with Gasteiger partial charge in [-0.05, 0) is 19.4 Å². The van der Waals surface area contributed by atoms with Crippen molar-refractivity contribution in [2.45, 2.75) is 20.3 Å². The molecule has 0 amide bonds. The summed E-state index contributed by atoms with van der Waals surface area (Å²) in [5, 5.41) is 0. The van der Waals surface area contributed by atoms with E-state index in [9.17, 15) is 0 Å². The molecule has 0 aliphatic carbocycles. The van der Waals surface area contributed by atoms with E-state index < -0.39 is 0 Å². The molecule has 0 aromatic heterocycles. The van der Waals surface area contributed by atoms with Crippen LogP contribution in [0.15, 0.2) is 11.9 Å². The van der Waals surface area contributed by atoms with Crippen molar-refractivity contribution in [1.82, 2.24) is 4.90 Å². The van der Waals surface area contributed by atoms with Gasteiger partial charge in [0.2, 0.25) is 0 Å². The van der Waals surface area contributed by atoms with Gasteiger partial charge in [0.15, 0.2) is 0 Å². The maximum Gasteiger partial charge on any atom is 0.0939 e. The van der Waals surface area contributed by atoms with Crippen LogP contribution in [0.25, 0.3) is 0 Å². The van der Waals surface area contributed by atoms with Gasteiger partial charge in [-0.2, -0.15) is 0 Å². The predicted molar refractivity (Wildman–Crippen MR) is 40.9 cm³/mol. The van der Waals surface area contributed by atoms with Crippen molar-refractivity contribution in [2.75, 3.05) is 13.6 Å². The number of rotatable bonds is 3. The molecule has 2 nitrogen and oxygen atoms in total. The lowest BCUT2D eigenvalue weighted by Gasteiger charge is -2.17. The van der Waals surface area contributed by atoms with Crippen LogP contribution in [-0.2, 0) is 0 Å². The molecule has 0 aromatic rings. The molecule has 0 atom stereocenters. The molecule has 0 saturated carbocycles. The molecule has 9 heavy (non-hydrogen) atoms. The second kappa shape index (κ2) is 4.24. The predicted octanol–water partition coefficient (Wildman–Crippen LogP) is 1.15. The molecular formula is C7H16N2. The molecule has 0 rings (SSSR count). The van der Waals surface area contributed by atoms with Gasteiger partial charge in [-0.3, -0.25) is 0 Å². The van der Waals surface area contributed by atoms with Crippen LogP contribution in [0.5, 0.6) is 0 Å². The largest absolute Gasteiger partial charge is 0.386 e. The highest BCUT2D eigenvalue weighted by Crippen LogP contribution is 1.92. The highest BCUT2D eigenvalue weighted by Gasteiger charge is 1.93. The summed E-state index contributed by atoms with van der Waals surface area (Å²) in [5.74, 6) is 0.858. The van der Waals surface area contributed by atoms with Crippen LogP contribution in [0.2, 0.25) is 0 Å². The molecule has 0 aliphatic rings. The summed E-state index contributed by atoms with van der Waals surface area (Å²) in [7, 11) is 2.00. The van der Waals surface area contributed by atoms with Gasteiger partial charge in [0, 0.05) is 13.6 Å². The minimum Gasteiger partial charge on any atom is -0.386 e. The summed E-state index contributed by atoms with van der Waals surface area (Å²) in [6.45, 7) is 5.12. The Kier molecular flexibility index (Phi) is 3.93. The summed E-state index contributed by atoms with van der Waals surface area (Å²) in [4.78, 5) is 2.04. The van der Waals surface area contributed by atoms with Crippen molar-refractivity contribution in [2.24, 2.45) is 5.73 Å². The maximum absolute atomic E-state index is 5.59. The number of nitrogens with two attached hydrogens (primary N) is 1. The highest BCUT2D eigenvalue weighted by molar-refractivity contribution is 4.91. The van der Waals surface area contributed by atoms with Gasteiger partial charge in [0.25, 0.3) is 0 Å². The third-order valence-corrected chi connectivity index (χ3v) is 1.30. The van der Waals surface area contributed by atoms with Crippen molar-refractivity contribution in [1.29, 1.82) is 0 Å². The lowest BCUT2D eigenvalue weighted by atomic mass is 10.4. The fraction of sp³-hybridized carbons (Fsp3) is 0.714. The Morgan fingerprint density at radius 3 is 2.56 bits per heavy atom. The fourth-order valence-electron chi connectivity index (χ4n) is 0.685. The van der Waals surface area contributed by atoms with Crippen molar-refractivity contribution in [3.05, 3.63) is 11.9 Å². The molecule has 0 bridgehead atoms. The second-order valence-corrected chi connectivity index (χ2v) is 2.14. The number of hydrogen-bond acceptors (Lipinski definition) is 2. The highest BCUT2D eigenvalue weighted by atomic mass is 15.2. The van der Waals surface area contributed by atoms with Crippen LogP contribution in [0, 0.1) is 0 Å². The SMILES string of the molecule is C/C=C(/N)N(C)CCC. The standard InChI is InChI=1S/C7H16N2/c1-4-6-9(3)7(8)5-2/h5H,4,6,8H2,1-3H3/b7-5-. The molecular weight excluding hydrogens is 112 g/mol. The van der Waals surface area contributed by atoms with E-state index in [0.29, 0.717) is 0 Å². The molecule has 54 valence electrons. The van der Waals surface area contributed by atoms with Crippen molar-refractivity contribution in [3.8, 4) is 0 Å². The molecule has 0 radical (unpaired) electrons. The average molecular weight is 128 g/mol. The topological polar surface area (TPSA) is 29.3 Å². The van der Waals surface area contributed by atoms with E-state index in [1.165, 1.54) is 0 Å². The summed E-state index contributed by atoms with van der Waals surface area (Å²) >= 11 is 0. The molecule has 2 N–H and O–H groups in total. The average Bonchev–Trinajstić information content (AvgIpc) is 1.87. The van der Waals surface area contributed by atoms with Crippen molar-refractivity contribution in [3.63, 3.8) is 0 Å². The zero-order valence-corrected chi connectivity index (χ0v) is 6.52. The zero-order valence-electron chi connectivity index (χ0n) is 6.52. The number of hydrogen-bond donors (Lipinski definition) is 1. The quantitative estimate of drug-likeness (QED) is 0.617. The van der Waals surface area contributed by atoms with E-state index in [-0.39, 0.29) is 0 Å². The molecule has 0 aromatic carbocycles. The van der Waals surface area contributed by atoms with Crippen LogP contribution in [0.3, 0.4) is 0 Å². The Labute approximate surface area is 57.3 Å². The smallest absolute Gasteiger partial charge is 0.0939 e. The molecule has 2 heteroatoms. The van der Waals surface area contributed by atoms with Crippen LogP contribution in [0.4, 0.5) is 0 Å². The van der Waals surface area contributed by atoms with Gasteiger partial charge in [-0.15, -0.1) is 0 Å². The van der Waals surface area contributed by atoms with Crippen molar-refractivity contribution >= 4 is 0 Å². The Hall–Kier alpha value is -0.660. The maximum atomic E-state index is 5.59. The van der Waals surface area contributed by atoms with Crippen LogP contribution in [-0.4, -0.2) is 18.5 Å². The van der Waals surface area contributed by atoms with Crippen LogP contribution < -0.4 is 5.73 Å². The van der Waals surface area contributed by atoms with Gasteiger partial charge >= 0.3 is 0 Å². The molecule has 0 spiro atoms. The van der Waals surface area contributed by atoms with Crippen molar-refractivity contribution < 1.29 is 0 Å². The minimum absolute atomic E-state index is 0.858. The van der Waals surface area contributed by atoms with Gasteiger partial charge in [0.05, 0.1) is 5.82 Å². The first-order valence-electron chi connectivity index (χ1n) is 3.35. The Morgan fingerprint density at radius 1 is 1.67 bits per heavy atom. The van der Waals surface area contributed by atoms with E-state index >= 15 is 0 Å². The first-order valence-corrected chi connectivity index (χ1v) is 3.35. The van der Waals surface area contributed by atoms with Gasteiger partial charge < -0.3 is 10.6 Å². The normalized spacial score (nSPS) is 11.7. The minimum atomic E-state index is 0.858. The Morgan fingerprint density at radius 2 is 2.22 bits per heavy atom. The van der Waals surface area contributed by atoms with E-state index in [0.717, 1.165) is 18.8 Å². The van der Waals surface area contributed by atoms with E-state index in [4.69, 9.17) is 5.73 Å². The second-order valence-electron chi connectivity index (χ2n) is 2.14. The van der Waals surface area contributed by atoms with Gasteiger partial charge in [-0.1, -0.05) is 6.92 Å². The number of allylic oxidation sites excluding steroid dienone is 1.